The number of para-hydroxylation sites is 1. The molecule has 26 heavy (non-hydrogen) atoms. The average Bonchev–Trinajstić information content (AvgIpc) is 2.61. The van der Waals surface area contributed by atoms with Crippen LogP contribution in [-0.4, -0.2) is 35.6 Å². The van der Waals surface area contributed by atoms with E-state index in [1.165, 1.54) is 6.92 Å². The van der Waals surface area contributed by atoms with E-state index in [0.29, 0.717) is 11.4 Å². The number of nitrogens with zero attached hydrogens (tertiary/aromatic N) is 1. The summed E-state index contributed by atoms with van der Waals surface area (Å²) in [4.78, 5) is 37.0. The van der Waals surface area contributed by atoms with Gasteiger partial charge in [0, 0.05) is 11.4 Å². The van der Waals surface area contributed by atoms with Crippen LogP contribution in [0.3, 0.4) is 0 Å². The lowest BCUT2D eigenvalue weighted by molar-refractivity contribution is -0.139. The largest absolute Gasteiger partial charge is 0.480 e. The normalized spacial score (nSPS) is 11.3. The number of carboxylic acids is 1. The number of carboxylic acid groups (broad SMARTS) is 1. The molecule has 136 valence electrons. The summed E-state index contributed by atoms with van der Waals surface area (Å²) in [6, 6.07) is 14.1. The third-order valence-corrected chi connectivity index (χ3v) is 3.72. The fourth-order valence-electron chi connectivity index (χ4n) is 2.42. The number of anilines is 2. The van der Waals surface area contributed by atoms with E-state index in [-0.39, 0.29) is 6.54 Å². The van der Waals surface area contributed by atoms with E-state index in [4.69, 9.17) is 0 Å². The Labute approximate surface area is 151 Å². The molecule has 7 heteroatoms. The molecule has 0 fully saturated rings. The van der Waals surface area contributed by atoms with Crippen LogP contribution in [0.25, 0.3) is 0 Å². The smallest absolute Gasteiger partial charge is 0.326 e. The zero-order chi connectivity index (χ0) is 19.1. The number of aliphatic carboxylic acids is 1. The number of benzene rings is 2. The molecule has 0 bridgehead atoms. The molecule has 0 saturated carbocycles. The first-order chi connectivity index (χ1) is 12.4. The molecule has 2 aromatic rings. The third-order valence-electron chi connectivity index (χ3n) is 3.72. The van der Waals surface area contributed by atoms with Crippen LogP contribution in [-0.2, 0) is 9.59 Å². The van der Waals surface area contributed by atoms with Gasteiger partial charge in [-0.1, -0.05) is 30.3 Å². The SMILES string of the molecule is Cc1cccc(NC(=O)NCC(=O)N(c2ccccc2)C(C)C(=O)O)c1. The van der Waals surface area contributed by atoms with Gasteiger partial charge < -0.3 is 15.7 Å². The van der Waals surface area contributed by atoms with Gasteiger partial charge in [0.25, 0.3) is 0 Å². The molecule has 7 nitrogen and oxygen atoms in total. The van der Waals surface area contributed by atoms with Crippen LogP contribution >= 0.6 is 0 Å². The Hall–Kier alpha value is -3.35. The molecule has 0 aliphatic carbocycles. The van der Waals surface area contributed by atoms with E-state index < -0.39 is 23.9 Å². The van der Waals surface area contributed by atoms with Gasteiger partial charge >= 0.3 is 12.0 Å². The van der Waals surface area contributed by atoms with Gasteiger partial charge in [-0.2, -0.15) is 0 Å². The molecule has 0 spiro atoms. The van der Waals surface area contributed by atoms with Gasteiger partial charge in [0.05, 0.1) is 6.54 Å². The first kappa shape index (κ1) is 19.0. The average molecular weight is 355 g/mol. The molecule has 1 atom stereocenters. The van der Waals surface area contributed by atoms with Crippen molar-refractivity contribution >= 4 is 29.3 Å². The van der Waals surface area contributed by atoms with Crippen LogP contribution < -0.4 is 15.5 Å². The number of urea groups is 1. The summed E-state index contributed by atoms with van der Waals surface area (Å²) in [5.74, 6) is -1.66. The van der Waals surface area contributed by atoms with Gasteiger partial charge in [0.15, 0.2) is 0 Å². The Morgan fingerprint density at radius 3 is 2.38 bits per heavy atom. The first-order valence-corrected chi connectivity index (χ1v) is 8.10. The highest BCUT2D eigenvalue weighted by Gasteiger charge is 2.27. The highest BCUT2D eigenvalue weighted by molar-refractivity contribution is 6.02. The predicted octanol–water partition coefficient (Wildman–Crippen LogP) is 2.62. The van der Waals surface area contributed by atoms with Crippen LogP contribution in [0.5, 0.6) is 0 Å². The summed E-state index contributed by atoms with van der Waals surface area (Å²) in [7, 11) is 0. The van der Waals surface area contributed by atoms with Crippen molar-refractivity contribution in [3.05, 3.63) is 60.2 Å². The summed E-state index contributed by atoms with van der Waals surface area (Å²) in [5, 5.41) is 14.4. The number of nitrogens with one attached hydrogen (secondary N) is 2. The monoisotopic (exact) mass is 355 g/mol. The molecule has 0 saturated heterocycles. The fourth-order valence-corrected chi connectivity index (χ4v) is 2.42. The zero-order valence-corrected chi connectivity index (χ0v) is 14.6. The van der Waals surface area contributed by atoms with E-state index in [1.807, 2.05) is 19.1 Å². The Kier molecular flexibility index (Phi) is 6.32. The molecule has 0 aromatic heterocycles. The second kappa shape index (κ2) is 8.66. The molecule has 0 radical (unpaired) electrons. The number of carbonyl (C=O) groups excluding carboxylic acids is 2. The van der Waals surface area contributed by atoms with Crippen molar-refractivity contribution in [2.45, 2.75) is 19.9 Å². The number of hydrogen-bond donors (Lipinski definition) is 3. The van der Waals surface area contributed by atoms with E-state index >= 15 is 0 Å². The lowest BCUT2D eigenvalue weighted by atomic mass is 10.2. The summed E-state index contributed by atoms with van der Waals surface area (Å²) in [5.41, 5.74) is 2.05. The standard InChI is InChI=1S/C19H21N3O4/c1-13-7-6-8-15(11-13)21-19(26)20-12-17(23)22(14(2)18(24)25)16-9-4-3-5-10-16/h3-11,14H,12H2,1-2H3,(H,24,25)(H2,20,21,26). The first-order valence-electron chi connectivity index (χ1n) is 8.10. The summed E-state index contributed by atoms with van der Waals surface area (Å²) in [6.45, 7) is 2.99. The highest BCUT2D eigenvalue weighted by atomic mass is 16.4. The highest BCUT2D eigenvalue weighted by Crippen LogP contribution is 2.17. The number of carbonyl (C=O) groups is 3. The van der Waals surface area contributed by atoms with Gasteiger partial charge in [-0.3, -0.25) is 9.69 Å². The number of hydrogen-bond acceptors (Lipinski definition) is 3. The Morgan fingerprint density at radius 2 is 1.77 bits per heavy atom. The summed E-state index contributed by atoms with van der Waals surface area (Å²) < 4.78 is 0. The lowest BCUT2D eigenvalue weighted by Crippen LogP contribution is -2.48. The zero-order valence-electron chi connectivity index (χ0n) is 14.6. The molecule has 2 rings (SSSR count). The molecule has 3 N–H and O–H groups in total. The Bertz CT molecular complexity index is 792. The van der Waals surface area contributed by atoms with Crippen molar-refractivity contribution < 1.29 is 19.5 Å². The molecule has 3 amide bonds. The molecule has 0 heterocycles. The molecular formula is C19H21N3O4. The van der Waals surface area contributed by atoms with Crippen molar-refractivity contribution in [3.8, 4) is 0 Å². The van der Waals surface area contributed by atoms with E-state index in [9.17, 15) is 19.5 Å². The minimum Gasteiger partial charge on any atom is -0.480 e. The maximum Gasteiger partial charge on any atom is 0.326 e. The minimum absolute atomic E-state index is 0.329. The van der Waals surface area contributed by atoms with Crippen LogP contribution in [0.2, 0.25) is 0 Å². The molecule has 1 unspecified atom stereocenters. The second-order valence-electron chi connectivity index (χ2n) is 5.79. The minimum atomic E-state index is -1.13. The van der Waals surface area contributed by atoms with Crippen molar-refractivity contribution in [2.24, 2.45) is 0 Å². The van der Waals surface area contributed by atoms with Gasteiger partial charge in [-0.05, 0) is 43.7 Å². The number of rotatable bonds is 6. The van der Waals surface area contributed by atoms with Crippen molar-refractivity contribution in [3.63, 3.8) is 0 Å². The molecule has 0 aliphatic rings. The van der Waals surface area contributed by atoms with E-state index in [2.05, 4.69) is 10.6 Å². The number of aryl methyl sites for hydroxylation is 1. The third kappa shape index (κ3) is 5.07. The summed E-state index contributed by atoms with van der Waals surface area (Å²) in [6.07, 6.45) is 0. The van der Waals surface area contributed by atoms with E-state index in [0.717, 1.165) is 10.5 Å². The Morgan fingerprint density at radius 1 is 1.08 bits per heavy atom. The van der Waals surface area contributed by atoms with Gasteiger partial charge in [0.2, 0.25) is 5.91 Å². The quantitative estimate of drug-likeness (QED) is 0.742. The fraction of sp³-hybridized carbons (Fsp3) is 0.211. The van der Waals surface area contributed by atoms with E-state index in [1.54, 1.807) is 42.5 Å². The van der Waals surface area contributed by atoms with Gasteiger partial charge in [-0.15, -0.1) is 0 Å². The summed E-state index contributed by atoms with van der Waals surface area (Å²) >= 11 is 0. The maximum atomic E-state index is 12.5. The van der Waals surface area contributed by atoms with Crippen LogP contribution in [0, 0.1) is 6.92 Å². The molecular weight excluding hydrogens is 334 g/mol. The maximum absolute atomic E-state index is 12.5. The molecule has 2 aromatic carbocycles. The second-order valence-corrected chi connectivity index (χ2v) is 5.79. The number of amides is 3. The van der Waals surface area contributed by atoms with Crippen LogP contribution in [0.4, 0.5) is 16.2 Å². The van der Waals surface area contributed by atoms with Gasteiger partial charge in [0.1, 0.15) is 6.04 Å². The van der Waals surface area contributed by atoms with Crippen molar-refractivity contribution in [1.82, 2.24) is 5.32 Å². The Balaban J connectivity index is 2.02. The molecule has 0 aliphatic heterocycles. The lowest BCUT2D eigenvalue weighted by Gasteiger charge is -2.26. The van der Waals surface area contributed by atoms with Crippen LogP contribution in [0.1, 0.15) is 12.5 Å². The topological polar surface area (TPSA) is 98.7 Å². The predicted molar refractivity (Wildman–Crippen MR) is 99.2 cm³/mol. The van der Waals surface area contributed by atoms with Crippen LogP contribution in [0.15, 0.2) is 54.6 Å². The van der Waals surface area contributed by atoms with Crippen molar-refractivity contribution in [1.29, 1.82) is 0 Å². The van der Waals surface area contributed by atoms with Gasteiger partial charge in [-0.25, -0.2) is 9.59 Å². The van der Waals surface area contributed by atoms with Crippen molar-refractivity contribution in [2.75, 3.05) is 16.8 Å².